The van der Waals surface area contributed by atoms with E-state index in [1.165, 1.54) is 0 Å². The lowest BCUT2D eigenvalue weighted by Gasteiger charge is -2.04. The molecule has 1 rings (SSSR count). The fraction of sp³-hybridized carbons (Fsp3) is 0.250. The van der Waals surface area contributed by atoms with E-state index in [-0.39, 0.29) is 11.1 Å². The molecule has 0 saturated carbocycles. The van der Waals surface area contributed by atoms with Crippen molar-refractivity contribution in [3.63, 3.8) is 0 Å². The molecule has 0 spiro atoms. The Kier molecular flexibility index (Phi) is 3.51. The highest BCUT2D eigenvalue weighted by molar-refractivity contribution is 7.80. The SMILES string of the molecule is CC(=NNC(N)=S)c1cnc(N)nc1C. The molecule has 0 aliphatic carbocycles. The molecular weight excluding hydrogens is 212 g/mol. The number of nitrogen functional groups attached to an aromatic ring is 1. The van der Waals surface area contributed by atoms with Crippen LogP contribution < -0.4 is 16.9 Å². The lowest BCUT2D eigenvalue weighted by atomic mass is 10.2. The number of aryl methyl sites for hydroxylation is 1. The van der Waals surface area contributed by atoms with Gasteiger partial charge in [0.15, 0.2) is 5.11 Å². The second-order valence-electron chi connectivity index (χ2n) is 2.90. The average Bonchev–Trinajstić information content (AvgIpc) is 2.14. The Hall–Kier alpha value is -1.76. The summed E-state index contributed by atoms with van der Waals surface area (Å²) in [4.78, 5) is 7.90. The highest BCUT2D eigenvalue weighted by Crippen LogP contribution is 2.05. The second kappa shape index (κ2) is 4.65. The van der Waals surface area contributed by atoms with Gasteiger partial charge in [0.1, 0.15) is 0 Å². The largest absolute Gasteiger partial charge is 0.375 e. The van der Waals surface area contributed by atoms with Gasteiger partial charge in [-0.2, -0.15) is 5.10 Å². The van der Waals surface area contributed by atoms with Crippen molar-refractivity contribution >= 4 is 29.0 Å². The Labute approximate surface area is 92.8 Å². The van der Waals surface area contributed by atoms with Crippen LogP contribution in [0.3, 0.4) is 0 Å². The molecule has 0 atom stereocenters. The number of hydrogen-bond acceptors (Lipinski definition) is 5. The van der Waals surface area contributed by atoms with Crippen LogP contribution >= 0.6 is 12.2 Å². The highest BCUT2D eigenvalue weighted by atomic mass is 32.1. The first-order chi connectivity index (χ1) is 7.00. The molecule has 1 aromatic heterocycles. The van der Waals surface area contributed by atoms with Crippen LogP contribution in [0.25, 0.3) is 0 Å². The van der Waals surface area contributed by atoms with Crippen LogP contribution in [0, 0.1) is 6.92 Å². The molecule has 0 unspecified atom stereocenters. The number of nitrogens with one attached hydrogen (secondary N) is 1. The molecule has 0 radical (unpaired) electrons. The van der Waals surface area contributed by atoms with Crippen LogP contribution in [0.1, 0.15) is 18.2 Å². The van der Waals surface area contributed by atoms with Gasteiger partial charge < -0.3 is 11.5 Å². The number of thiocarbonyl (C=S) groups is 1. The van der Waals surface area contributed by atoms with E-state index in [0.717, 1.165) is 11.3 Å². The number of aromatic nitrogens is 2. The predicted octanol–water partition coefficient (Wildman–Crippen LogP) is -0.0756. The molecule has 0 bridgehead atoms. The predicted molar refractivity (Wildman–Crippen MR) is 63.3 cm³/mol. The van der Waals surface area contributed by atoms with Crippen molar-refractivity contribution in [3.05, 3.63) is 17.5 Å². The zero-order valence-corrected chi connectivity index (χ0v) is 9.30. The highest BCUT2D eigenvalue weighted by Gasteiger charge is 2.04. The number of hydrazone groups is 1. The average molecular weight is 224 g/mol. The van der Waals surface area contributed by atoms with Crippen LogP contribution in [-0.4, -0.2) is 20.8 Å². The molecular formula is C8H12N6S. The molecule has 5 N–H and O–H groups in total. The number of hydrogen-bond donors (Lipinski definition) is 3. The molecule has 0 aromatic carbocycles. The summed E-state index contributed by atoms with van der Waals surface area (Å²) in [6.45, 7) is 3.63. The van der Waals surface area contributed by atoms with Crippen LogP contribution in [0.4, 0.5) is 5.95 Å². The molecule has 6 nitrogen and oxygen atoms in total. The van der Waals surface area contributed by atoms with E-state index in [1.807, 2.05) is 6.92 Å². The van der Waals surface area contributed by atoms with Crippen molar-refractivity contribution in [3.8, 4) is 0 Å². The smallest absolute Gasteiger partial charge is 0.220 e. The van der Waals surface area contributed by atoms with Gasteiger partial charge in [-0.3, -0.25) is 5.43 Å². The van der Waals surface area contributed by atoms with Crippen molar-refractivity contribution < 1.29 is 0 Å². The van der Waals surface area contributed by atoms with Gasteiger partial charge in [0.25, 0.3) is 0 Å². The molecule has 7 heteroatoms. The minimum atomic E-state index is 0.114. The summed E-state index contributed by atoms with van der Waals surface area (Å²) in [6.07, 6.45) is 1.61. The van der Waals surface area contributed by atoms with Gasteiger partial charge in [-0.15, -0.1) is 0 Å². The van der Waals surface area contributed by atoms with Gasteiger partial charge in [-0.1, -0.05) is 0 Å². The van der Waals surface area contributed by atoms with Gasteiger partial charge >= 0.3 is 0 Å². The lowest BCUT2D eigenvalue weighted by molar-refractivity contribution is 1.02. The van der Waals surface area contributed by atoms with Crippen LogP contribution in [0.2, 0.25) is 0 Å². The van der Waals surface area contributed by atoms with Crippen molar-refractivity contribution in [1.29, 1.82) is 0 Å². The summed E-state index contributed by atoms with van der Waals surface area (Å²) in [5.41, 5.74) is 15.4. The monoisotopic (exact) mass is 224 g/mol. The molecule has 1 aromatic rings. The molecule has 0 aliphatic rings. The number of rotatable bonds is 2. The first-order valence-electron chi connectivity index (χ1n) is 4.20. The first-order valence-corrected chi connectivity index (χ1v) is 4.60. The minimum absolute atomic E-state index is 0.114. The van der Waals surface area contributed by atoms with E-state index >= 15 is 0 Å². The van der Waals surface area contributed by atoms with Gasteiger partial charge in [0.2, 0.25) is 5.95 Å². The molecule has 80 valence electrons. The van der Waals surface area contributed by atoms with Crippen molar-refractivity contribution in [2.75, 3.05) is 5.73 Å². The number of nitrogens with two attached hydrogens (primary N) is 2. The van der Waals surface area contributed by atoms with Crippen molar-refractivity contribution in [2.45, 2.75) is 13.8 Å². The molecule has 0 amide bonds. The summed E-state index contributed by atoms with van der Waals surface area (Å²) in [6, 6.07) is 0. The van der Waals surface area contributed by atoms with Gasteiger partial charge in [0, 0.05) is 11.8 Å². The fourth-order valence-corrected chi connectivity index (χ4v) is 1.09. The lowest BCUT2D eigenvalue weighted by Crippen LogP contribution is -2.25. The third-order valence-corrected chi connectivity index (χ3v) is 1.81. The van der Waals surface area contributed by atoms with Gasteiger partial charge in [0.05, 0.1) is 11.4 Å². The van der Waals surface area contributed by atoms with E-state index < -0.39 is 0 Å². The maximum atomic E-state index is 5.43. The Balaban J connectivity index is 2.95. The standard InChI is InChI=1S/C8H12N6S/c1-4-6(3-11-7(9)12-4)5(2)13-14-8(10)15/h3H,1-2H3,(H2,9,11,12)(H3,10,14,15). The molecule has 0 saturated heterocycles. The quantitative estimate of drug-likeness (QED) is 0.369. The fourth-order valence-electron chi connectivity index (χ4n) is 1.04. The summed E-state index contributed by atoms with van der Waals surface area (Å²) < 4.78 is 0. The summed E-state index contributed by atoms with van der Waals surface area (Å²) in [7, 11) is 0. The van der Waals surface area contributed by atoms with Gasteiger partial charge in [-0.25, -0.2) is 9.97 Å². The summed E-state index contributed by atoms with van der Waals surface area (Å²) in [5, 5.41) is 4.08. The number of nitrogens with zero attached hydrogens (tertiary/aromatic N) is 3. The number of anilines is 1. The third-order valence-electron chi connectivity index (χ3n) is 1.72. The van der Waals surface area contributed by atoms with E-state index in [4.69, 9.17) is 11.5 Å². The van der Waals surface area contributed by atoms with Crippen LogP contribution in [0.15, 0.2) is 11.3 Å². The zero-order chi connectivity index (χ0) is 11.4. The maximum absolute atomic E-state index is 5.43. The van der Waals surface area contributed by atoms with Crippen molar-refractivity contribution in [1.82, 2.24) is 15.4 Å². The zero-order valence-electron chi connectivity index (χ0n) is 8.48. The summed E-state index contributed by atoms with van der Waals surface area (Å²) in [5.74, 6) is 0.242. The van der Waals surface area contributed by atoms with Crippen molar-refractivity contribution in [2.24, 2.45) is 10.8 Å². The second-order valence-corrected chi connectivity index (χ2v) is 3.34. The summed E-state index contributed by atoms with van der Waals surface area (Å²) >= 11 is 4.63. The molecule has 15 heavy (non-hydrogen) atoms. The van der Waals surface area contributed by atoms with E-state index in [0.29, 0.717) is 5.71 Å². The Morgan fingerprint density at radius 1 is 1.60 bits per heavy atom. The Morgan fingerprint density at radius 3 is 2.80 bits per heavy atom. The van der Waals surface area contributed by atoms with Crippen LogP contribution in [-0.2, 0) is 0 Å². The topological polar surface area (TPSA) is 102 Å². The third kappa shape index (κ3) is 3.13. The Bertz CT molecular complexity index is 414. The maximum Gasteiger partial charge on any atom is 0.220 e. The normalized spacial score (nSPS) is 11.2. The minimum Gasteiger partial charge on any atom is -0.375 e. The van der Waals surface area contributed by atoms with Gasteiger partial charge in [-0.05, 0) is 26.1 Å². The molecule has 1 heterocycles. The van der Waals surface area contributed by atoms with Crippen LogP contribution in [0.5, 0.6) is 0 Å². The van der Waals surface area contributed by atoms with E-state index in [1.54, 1.807) is 13.1 Å². The Morgan fingerprint density at radius 2 is 2.27 bits per heavy atom. The first kappa shape index (κ1) is 11.3. The molecule has 0 aliphatic heterocycles. The van der Waals surface area contributed by atoms with E-state index in [2.05, 4.69) is 32.7 Å². The molecule has 0 fully saturated rings. The van der Waals surface area contributed by atoms with E-state index in [9.17, 15) is 0 Å².